The van der Waals surface area contributed by atoms with Crippen molar-refractivity contribution in [2.24, 2.45) is 10.2 Å². The average Bonchev–Trinajstić information content (AvgIpc) is 2.79. The second kappa shape index (κ2) is 5.07. The summed E-state index contributed by atoms with van der Waals surface area (Å²) in [6, 6.07) is 11.7. The van der Waals surface area contributed by atoms with E-state index in [1.54, 1.807) is 18.7 Å². The lowest BCUT2D eigenvalue weighted by Gasteiger charge is -1.95. The van der Waals surface area contributed by atoms with Gasteiger partial charge in [0.1, 0.15) is 5.76 Å². The van der Waals surface area contributed by atoms with Crippen LogP contribution >= 0.6 is 0 Å². The van der Waals surface area contributed by atoms with Gasteiger partial charge in [0.15, 0.2) is 0 Å². The molecular weight excluding hydrogens is 200 g/mol. The average molecular weight is 212 g/mol. The van der Waals surface area contributed by atoms with E-state index in [9.17, 15) is 0 Å². The standard InChI is InChI=1S/C13H12N2O/c1-11-5-2-3-6-12(11)9-14-15-10-13-7-4-8-16-13/h2-10H,1H3/b14-9-,15-10-. The maximum absolute atomic E-state index is 5.09. The molecule has 1 heterocycles. The Hall–Kier alpha value is -2.16. The summed E-state index contributed by atoms with van der Waals surface area (Å²) < 4.78 is 5.09. The highest BCUT2D eigenvalue weighted by molar-refractivity contribution is 5.82. The molecule has 0 unspecified atom stereocenters. The predicted molar refractivity (Wildman–Crippen MR) is 65.1 cm³/mol. The SMILES string of the molecule is Cc1ccccc1/C=N\N=C/c1ccco1. The molecule has 0 amide bonds. The lowest BCUT2D eigenvalue weighted by molar-refractivity contribution is 0.560. The maximum Gasteiger partial charge on any atom is 0.146 e. The highest BCUT2D eigenvalue weighted by Gasteiger charge is 1.91. The largest absolute Gasteiger partial charge is 0.463 e. The second-order valence-corrected chi connectivity index (χ2v) is 3.36. The molecule has 0 aliphatic heterocycles. The van der Waals surface area contributed by atoms with Crippen LogP contribution in [0.1, 0.15) is 16.9 Å². The van der Waals surface area contributed by atoms with Crippen molar-refractivity contribution in [2.45, 2.75) is 6.92 Å². The fourth-order valence-electron chi connectivity index (χ4n) is 1.28. The van der Waals surface area contributed by atoms with Crippen molar-refractivity contribution in [1.29, 1.82) is 0 Å². The number of hydrogen-bond donors (Lipinski definition) is 0. The molecule has 2 rings (SSSR count). The molecule has 0 radical (unpaired) electrons. The Kier molecular flexibility index (Phi) is 3.28. The third-order valence-corrected chi connectivity index (χ3v) is 2.18. The molecule has 3 nitrogen and oxygen atoms in total. The van der Waals surface area contributed by atoms with Gasteiger partial charge in [-0.2, -0.15) is 10.2 Å². The van der Waals surface area contributed by atoms with Crippen LogP contribution in [0.3, 0.4) is 0 Å². The van der Waals surface area contributed by atoms with Gasteiger partial charge < -0.3 is 4.42 Å². The van der Waals surface area contributed by atoms with Crippen molar-refractivity contribution < 1.29 is 4.42 Å². The van der Waals surface area contributed by atoms with Gasteiger partial charge in [-0.3, -0.25) is 0 Å². The molecule has 0 saturated heterocycles. The molecule has 0 bridgehead atoms. The van der Waals surface area contributed by atoms with Crippen molar-refractivity contribution >= 4 is 12.4 Å². The van der Waals surface area contributed by atoms with Crippen LogP contribution < -0.4 is 0 Å². The second-order valence-electron chi connectivity index (χ2n) is 3.36. The molecule has 2 aromatic rings. The first-order chi connectivity index (χ1) is 7.86. The topological polar surface area (TPSA) is 37.9 Å². The Morgan fingerprint density at radius 1 is 1.00 bits per heavy atom. The molecule has 3 heteroatoms. The summed E-state index contributed by atoms with van der Waals surface area (Å²) in [6.45, 7) is 2.04. The minimum absolute atomic E-state index is 0.696. The Bertz CT molecular complexity index is 498. The van der Waals surface area contributed by atoms with Gasteiger partial charge in [0.25, 0.3) is 0 Å². The quantitative estimate of drug-likeness (QED) is 0.569. The van der Waals surface area contributed by atoms with Gasteiger partial charge in [-0.25, -0.2) is 0 Å². The van der Waals surface area contributed by atoms with E-state index < -0.39 is 0 Å². The summed E-state index contributed by atoms with van der Waals surface area (Å²) >= 11 is 0. The summed E-state index contributed by atoms with van der Waals surface area (Å²) in [7, 11) is 0. The zero-order valence-corrected chi connectivity index (χ0v) is 9.00. The monoisotopic (exact) mass is 212 g/mol. The first-order valence-electron chi connectivity index (χ1n) is 5.02. The molecule has 0 spiro atoms. The number of nitrogens with zero attached hydrogens (tertiary/aromatic N) is 2. The van der Waals surface area contributed by atoms with Crippen LogP contribution in [0, 0.1) is 6.92 Å². The van der Waals surface area contributed by atoms with E-state index >= 15 is 0 Å². The highest BCUT2D eigenvalue weighted by Crippen LogP contribution is 2.03. The number of aryl methyl sites for hydroxylation is 1. The number of benzene rings is 1. The van der Waals surface area contributed by atoms with Crippen LogP contribution in [0.4, 0.5) is 0 Å². The van der Waals surface area contributed by atoms with Crippen molar-refractivity contribution in [3.8, 4) is 0 Å². The molecule has 0 atom stereocenters. The summed E-state index contributed by atoms with van der Waals surface area (Å²) in [5.74, 6) is 0.696. The normalized spacial score (nSPS) is 11.6. The van der Waals surface area contributed by atoms with E-state index in [1.165, 1.54) is 5.56 Å². The minimum atomic E-state index is 0.696. The maximum atomic E-state index is 5.09. The van der Waals surface area contributed by atoms with E-state index in [4.69, 9.17) is 4.42 Å². The molecule has 80 valence electrons. The van der Waals surface area contributed by atoms with Gasteiger partial charge in [0, 0.05) is 0 Å². The van der Waals surface area contributed by atoms with Crippen LogP contribution in [0.5, 0.6) is 0 Å². The fourth-order valence-corrected chi connectivity index (χ4v) is 1.28. The molecular formula is C13H12N2O. The van der Waals surface area contributed by atoms with Crippen molar-refractivity contribution in [2.75, 3.05) is 0 Å². The third kappa shape index (κ3) is 2.67. The van der Waals surface area contributed by atoms with Crippen LogP contribution in [0.2, 0.25) is 0 Å². The van der Waals surface area contributed by atoms with E-state index in [0.717, 1.165) is 5.56 Å². The van der Waals surface area contributed by atoms with Gasteiger partial charge >= 0.3 is 0 Å². The Labute approximate surface area is 94.1 Å². The van der Waals surface area contributed by atoms with Gasteiger partial charge in [0.05, 0.1) is 18.7 Å². The lowest BCUT2D eigenvalue weighted by atomic mass is 10.1. The van der Waals surface area contributed by atoms with Crippen LogP contribution in [0.25, 0.3) is 0 Å². The molecule has 0 N–H and O–H groups in total. The Morgan fingerprint density at radius 2 is 1.81 bits per heavy atom. The van der Waals surface area contributed by atoms with Crippen LogP contribution in [-0.4, -0.2) is 12.4 Å². The van der Waals surface area contributed by atoms with Gasteiger partial charge in [-0.15, -0.1) is 0 Å². The molecule has 0 fully saturated rings. The van der Waals surface area contributed by atoms with Crippen molar-refractivity contribution in [1.82, 2.24) is 0 Å². The van der Waals surface area contributed by atoms with E-state index in [0.29, 0.717) is 5.76 Å². The van der Waals surface area contributed by atoms with E-state index in [-0.39, 0.29) is 0 Å². The molecule has 0 aliphatic carbocycles. The molecule has 1 aromatic heterocycles. The van der Waals surface area contributed by atoms with Gasteiger partial charge in [-0.1, -0.05) is 24.3 Å². The summed E-state index contributed by atoms with van der Waals surface area (Å²) in [4.78, 5) is 0. The zero-order chi connectivity index (χ0) is 11.2. The Balaban J connectivity index is 2.03. The fraction of sp³-hybridized carbons (Fsp3) is 0.0769. The summed E-state index contributed by atoms with van der Waals surface area (Å²) in [5, 5.41) is 7.86. The Morgan fingerprint density at radius 3 is 2.56 bits per heavy atom. The van der Waals surface area contributed by atoms with E-state index in [2.05, 4.69) is 10.2 Å². The number of furan rings is 1. The van der Waals surface area contributed by atoms with Crippen molar-refractivity contribution in [3.05, 3.63) is 59.5 Å². The summed E-state index contributed by atoms with van der Waals surface area (Å²) in [5.41, 5.74) is 2.25. The number of rotatable bonds is 3. The third-order valence-electron chi connectivity index (χ3n) is 2.18. The van der Waals surface area contributed by atoms with Crippen LogP contribution in [-0.2, 0) is 0 Å². The van der Waals surface area contributed by atoms with Crippen LogP contribution in [0.15, 0.2) is 57.3 Å². The van der Waals surface area contributed by atoms with Gasteiger partial charge in [0.2, 0.25) is 0 Å². The van der Waals surface area contributed by atoms with E-state index in [1.807, 2.05) is 43.3 Å². The smallest absolute Gasteiger partial charge is 0.146 e. The molecule has 0 saturated carbocycles. The molecule has 16 heavy (non-hydrogen) atoms. The first-order valence-corrected chi connectivity index (χ1v) is 5.02. The molecule has 0 aliphatic rings. The highest BCUT2D eigenvalue weighted by atomic mass is 16.3. The molecule has 1 aromatic carbocycles. The summed E-state index contributed by atoms with van der Waals surface area (Å²) in [6.07, 6.45) is 4.91. The lowest BCUT2D eigenvalue weighted by Crippen LogP contribution is -1.84. The van der Waals surface area contributed by atoms with Gasteiger partial charge in [-0.05, 0) is 30.2 Å². The number of hydrogen-bond acceptors (Lipinski definition) is 3. The zero-order valence-electron chi connectivity index (χ0n) is 9.00. The van der Waals surface area contributed by atoms with Crippen molar-refractivity contribution in [3.63, 3.8) is 0 Å². The minimum Gasteiger partial charge on any atom is -0.463 e. The first kappa shape index (κ1) is 10.4. The predicted octanol–water partition coefficient (Wildman–Crippen LogP) is 3.04.